The number of thiazole rings is 1. The smallest absolute Gasteiger partial charge is 0.266 e. The van der Waals surface area contributed by atoms with Crippen molar-refractivity contribution in [2.75, 3.05) is 25.0 Å². The molecule has 1 amide bonds. The second-order valence-electron chi connectivity index (χ2n) is 7.37. The molecule has 1 fully saturated rings. The van der Waals surface area contributed by atoms with Crippen LogP contribution in [-0.4, -0.2) is 40.4 Å². The van der Waals surface area contributed by atoms with Gasteiger partial charge in [0, 0.05) is 36.6 Å². The average molecular weight is 443 g/mol. The van der Waals surface area contributed by atoms with E-state index in [1.165, 1.54) is 17.8 Å². The van der Waals surface area contributed by atoms with Gasteiger partial charge in [0.1, 0.15) is 5.02 Å². The number of H-pyrrole nitrogens is 1. The molecule has 1 saturated heterocycles. The van der Waals surface area contributed by atoms with Gasteiger partial charge in [0.15, 0.2) is 5.13 Å². The number of pyridine rings is 1. The minimum absolute atomic E-state index is 0.0231. The number of rotatable bonds is 5. The van der Waals surface area contributed by atoms with E-state index in [0.29, 0.717) is 18.7 Å². The molecule has 1 aromatic carbocycles. The van der Waals surface area contributed by atoms with Crippen molar-refractivity contribution >= 4 is 34.0 Å². The van der Waals surface area contributed by atoms with E-state index in [9.17, 15) is 9.59 Å². The van der Waals surface area contributed by atoms with Crippen LogP contribution in [0.5, 0.6) is 0 Å². The molecule has 156 valence electrons. The molecule has 2 aromatic heterocycles. The lowest BCUT2D eigenvalue weighted by atomic mass is 9.70. The van der Waals surface area contributed by atoms with Crippen LogP contribution in [0.3, 0.4) is 0 Å². The number of nitrogens with zero attached hydrogens (tertiary/aromatic N) is 2. The van der Waals surface area contributed by atoms with Gasteiger partial charge in [-0.15, -0.1) is 11.3 Å². The van der Waals surface area contributed by atoms with E-state index < -0.39 is 5.56 Å². The zero-order chi connectivity index (χ0) is 21.1. The highest BCUT2D eigenvalue weighted by Gasteiger charge is 2.41. The molecule has 1 aliphatic heterocycles. The Kier molecular flexibility index (Phi) is 5.92. The van der Waals surface area contributed by atoms with Gasteiger partial charge < -0.3 is 15.2 Å². The molecule has 3 aromatic rings. The Morgan fingerprint density at radius 1 is 1.30 bits per heavy atom. The van der Waals surface area contributed by atoms with Crippen LogP contribution >= 0.6 is 22.9 Å². The fraction of sp³-hybridized carbons (Fsp3) is 0.318. The largest absolute Gasteiger partial charge is 0.362 e. The van der Waals surface area contributed by atoms with Crippen molar-refractivity contribution < 1.29 is 4.79 Å². The number of hydrogen-bond acceptors (Lipinski definition) is 5. The molecular weight excluding hydrogens is 420 g/mol. The number of aromatic amines is 1. The predicted octanol–water partition coefficient (Wildman–Crippen LogP) is 4.14. The van der Waals surface area contributed by atoms with Crippen LogP contribution < -0.4 is 10.9 Å². The van der Waals surface area contributed by atoms with Crippen LogP contribution in [0.4, 0.5) is 5.13 Å². The fourth-order valence-electron chi connectivity index (χ4n) is 4.03. The standard InChI is InChI=1S/C22H23ClN4O2S/c1-2-24-21-26-18(14-30-21)22(16-6-4-3-5-7-16)8-10-27(11-9-22)20(29)15-12-17(23)19(28)25-13-15/h3-7,12-14H,2,8-11H2,1H3,(H,24,26)(H,25,28). The molecule has 1 aliphatic rings. The zero-order valence-corrected chi connectivity index (χ0v) is 18.2. The quantitative estimate of drug-likeness (QED) is 0.622. The van der Waals surface area contributed by atoms with E-state index >= 15 is 0 Å². The number of likely N-dealkylation sites (tertiary alicyclic amines) is 1. The van der Waals surface area contributed by atoms with E-state index in [0.717, 1.165) is 30.2 Å². The Labute approximate surface area is 183 Å². The Morgan fingerprint density at radius 3 is 2.70 bits per heavy atom. The Hall–Kier alpha value is -2.64. The number of aromatic nitrogens is 2. The Bertz CT molecular complexity index is 1090. The monoisotopic (exact) mass is 442 g/mol. The van der Waals surface area contributed by atoms with Crippen LogP contribution in [0.1, 0.15) is 41.4 Å². The van der Waals surface area contributed by atoms with Gasteiger partial charge in [0.05, 0.1) is 11.3 Å². The summed E-state index contributed by atoms with van der Waals surface area (Å²) in [4.78, 5) is 33.7. The van der Waals surface area contributed by atoms with Crippen molar-refractivity contribution in [1.29, 1.82) is 0 Å². The number of hydrogen-bond donors (Lipinski definition) is 2. The van der Waals surface area contributed by atoms with Gasteiger partial charge in [0.25, 0.3) is 11.5 Å². The van der Waals surface area contributed by atoms with Crippen LogP contribution in [0, 0.1) is 0 Å². The summed E-state index contributed by atoms with van der Waals surface area (Å²) in [6.07, 6.45) is 2.98. The molecule has 0 unspecified atom stereocenters. The van der Waals surface area contributed by atoms with Crippen LogP contribution in [0.2, 0.25) is 5.02 Å². The van der Waals surface area contributed by atoms with Gasteiger partial charge in [-0.05, 0) is 31.4 Å². The summed E-state index contributed by atoms with van der Waals surface area (Å²) >= 11 is 7.52. The van der Waals surface area contributed by atoms with Crippen LogP contribution in [-0.2, 0) is 5.41 Å². The number of amides is 1. The van der Waals surface area contributed by atoms with Gasteiger partial charge in [-0.25, -0.2) is 4.98 Å². The summed E-state index contributed by atoms with van der Waals surface area (Å²) in [7, 11) is 0. The maximum absolute atomic E-state index is 13.0. The number of nitrogens with one attached hydrogen (secondary N) is 2. The van der Waals surface area contributed by atoms with Crippen molar-refractivity contribution in [3.05, 3.63) is 80.2 Å². The van der Waals surface area contributed by atoms with Gasteiger partial charge in [-0.2, -0.15) is 0 Å². The summed E-state index contributed by atoms with van der Waals surface area (Å²) in [6, 6.07) is 11.8. The summed E-state index contributed by atoms with van der Waals surface area (Å²) in [5.74, 6) is -0.124. The highest BCUT2D eigenvalue weighted by atomic mass is 35.5. The van der Waals surface area contributed by atoms with Crippen LogP contribution in [0.15, 0.2) is 52.8 Å². The second kappa shape index (κ2) is 8.62. The first-order chi connectivity index (χ1) is 14.5. The lowest BCUT2D eigenvalue weighted by molar-refractivity contribution is 0.0683. The van der Waals surface area contributed by atoms with Crippen molar-refractivity contribution in [3.63, 3.8) is 0 Å². The molecule has 4 rings (SSSR count). The summed E-state index contributed by atoms with van der Waals surface area (Å²) in [6.45, 7) is 4.08. The molecule has 3 heterocycles. The summed E-state index contributed by atoms with van der Waals surface area (Å²) < 4.78 is 0. The van der Waals surface area contributed by atoms with Gasteiger partial charge in [-0.3, -0.25) is 9.59 Å². The molecule has 8 heteroatoms. The first-order valence-electron chi connectivity index (χ1n) is 9.96. The topological polar surface area (TPSA) is 78.1 Å². The normalized spacial score (nSPS) is 15.7. The molecule has 2 N–H and O–H groups in total. The number of anilines is 1. The first-order valence-corrected chi connectivity index (χ1v) is 11.2. The van der Waals surface area contributed by atoms with Gasteiger partial charge in [-0.1, -0.05) is 41.9 Å². The molecule has 0 bridgehead atoms. The SMILES string of the molecule is CCNc1nc(C2(c3ccccc3)CCN(C(=O)c3c[nH]c(=O)c(Cl)c3)CC2)cs1. The third-order valence-electron chi connectivity index (χ3n) is 5.66. The number of benzene rings is 1. The highest BCUT2D eigenvalue weighted by Crippen LogP contribution is 2.42. The molecule has 0 radical (unpaired) electrons. The number of carbonyl (C=O) groups is 1. The molecule has 0 saturated carbocycles. The maximum Gasteiger partial charge on any atom is 0.266 e. The van der Waals surface area contributed by atoms with Crippen molar-refractivity contribution in [3.8, 4) is 0 Å². The lowest BCUT2D eigenvalue weighted by Gasteiger charge is -2.41. The molecule has 0 spiro atoms. The zero-order valence-electron chi connectivity index (χ0n) is 16.7. The number of piperidine rings is 1. The first kappa shape index (κ1) is 20.6. The lowest BCUT2D eigenvalue weighted by Crippen LogP contribution is -2.46. The van der Waals surface area contributed by atoms with E-state index in [4.69, 9.17) is 16.6 Å². The fourth-order valence-corrected chi connectivity index (χ4v) is 5.08. The summed E-state index contributed by atoms with van der Waals surface area (Å²) in [5, 5.41) is 6.37. The molecular formula is C22H23ClN4O2S. The minimum Gasteiger partial charge on any atom is -0.362 e. The number of carbonyl (C=O) groups excluding carboxylic acids is 1. The second-order valence-corrected chi connectivity index (χ2v) is 8.64. The predicted molar refractivity (Wildman–Crippen MR) is 121 cm³/mol. The van der Waals surface area contributed by atoms with Crippen LogP contribution in [0.25, 0.3) is 0 Å². The third kappa shape index (κ3) is 3.87. The van der Waals surface area contributed by atoms with E-state index in [1.54, 1.807) is 11.3 Å². The molecule has 0 atom stereocenters. The minimum atomic E-state index is -0.394. The number of halogens is 1. The molecule has 6 nitrogen and oxygen atoms in total. The van der Waals surface area contributed by atoms with E-state index in [1.807, 2.05) is 11.0 Å². The molecule has 30 heavy (non-hydrogen) atoms. The Morgan fingerprint density at radius 2 is 2.03 bits per heavy atom. The van der Waals surface area contributed by atoms with Crippen molar-refractivity contribution in [2.24, 2.45) is 0 Å². The third-order valence-corrected chi connectivity index (χ3v) is 6.74. The average Bonchev–Trinajstić information content (AvgIpc) is 3.25. The Balaban J connectivity index is 1.60. The van der Waals surface area contributed by atoms with Gasteiger partial charge >= 0.3 is 0 Å². The maximum atomic E-state index is 13.0. The van der Waals surface area contributed by atoms with E-state index in [2.05, 4.69) is 46.9 Å². The van der Waals surface area contributed by atoms with Crippen molar-refractivity contribution in [2.45, 2.75) is 25.2 Å². The van der Waals surface area contributed by atoms with E-state index in [-0.39, 0.29) is 16.3 Å². The highest BCUT2D eigenvalue weighted by molar-refractivity contribution is 7.13. The molecule has 0 aliphatic carbocycles. The van der Waals surface area contributed by atoms with Crippen molar-refractivity contribution in [1.82, 2.24) is 14.9 Å². The van der Waals surface area contributed by atoms with Gasteiger partial charge in [0.2, 0.25) is 0 Å². The summed E-state index contributed by atoms with van der Waals surface area (Å²) in [5.41, 5.74) is 2.04.